The summed E-state index contributed by atoms with van der Waals surface area (Å²) in [4.78, 5) is 29.1. The van der Waals surface area contributed by atoms with E-state index in [9.17, 15) is 14.7 Å². The highest BCUT2D eigenvalue weighted by Crippen LogP contribution is 2.46. The summed E-state index contributed by atoms with van der Waals surface area (Å²) >= 11 is 2.72. The van der Waals surface area contributed by atoms with E-state index in [-0.39, 0.29) is 16.5 Å². The highest BCUT2D eigenvalue weighted by atomic mass is 32.2. The zero-order chi connectivity index (χ0) is 35.3. The standard InChI is InChI=1S/C40H33N3O6S2/c1-3-48-33-22-28(18-21-32(33)49-23-25-10-5-4-6-11-25)35-34(36(44)27-16-19-30(47-2)20-17-27)37(45)38(46)43(35)39-41-42-40(51-39)50-24-29-14-9-13-26-12-7-8-15-31(26)29/h4-22,35,44H,3,23-24H2,1-2H3. The summed E-state index contributed by atoms with van der Waals surface area (Å²) in [7, 11) is 1.54. The van der Waals surface area contributed by atoms with Crippen molar-refractivity contribution in [1.82, 2.24) is 10.2 Å². The van der Waals surface area contributed by atoms with Gasteiger partial charge in [0.2, 0.25) is 5.13 Å². The van der Waals surface area contributed by atoms with Crippen LogP contribution in [0.5, 0.6) is 17.2 Å². The van der Waals surface area contributed by atoms with Gasteiger partial charge in [0.25, 0.3) is 5.78 Å². The molecule has 51 heavy (non-hydrogen) atoms. The lowest BCUT2D eigenvalue weighted by Gasteiger charge is -2.23. The van der Waals surface area contributed by atoms with Crippen LogP contribution in [-0.2, 0) is 21.9 Å². The molecule has 0 aliphatic carbocycles. The van der Waals surface area contributed by atoms with Crippen LogP contribution in [0, 0.1) is 0 Å². The second kappa shape index (κ2) is 15.1. The predicted molar refractivity (Wildman–Crippen MR) is 200 cm³/mol. The number of fused-ring (bicyclic) bond motifs is 1. The maximum atomic E-state index is 13.9. The summed E-state index contributed by atoms with van der Waals surface area (Å²) in [5.74, 6) is 0.177. The minimum atomic E-state index is -1.03. The van der Waals surface area contributed by atoms with Crippen molar-refractivity contribution in [2.24, 2.45) is 0 Å². The number of benzene rings is 5. The number of thioether (sulfide) groups is 1. The Morgan fingerprint density at radius 1 is 0.863 bits per heavy atom. The Kier molecular flexibility index (Phi) is 10.0. The Hall–Kier alpha value is -5.65. The fraction of sp³-hybridized carbons (Fsp3) is 0.150. The molecule has 6 aromatic rings. The van der Waals surface area contributed by atoms with Crippen LogP contribution in [-0.4, -0.2) is 40.7 Å². The normalized spacial score (nSPS) is 15.3. The minimum Gasteiger partial charge on any atom is -0.507 e. The van der Waals surface area contributed by atoms with Crippen molar-refractivity contribution in [3.05, 3.63) is 143 Å². The molecule has 1 saturated heterocycles. The number of rotatable bonds is 12. The zero-order valence-electron chi connectivity index (χ0n) is 27.8. The highest BCUT2D eigenvalue weighted by molar-refractivity contribution is 8.00. The van der Waals surface area contributed by atoms with E-state index in [0.29, 0.717) is 51.7 Å². The van der Waals surface area contributed by atoms with Crippen molar-refractivity contribution in [1.29, 1.82) is 0 Å². The van der Waals surface area contributed by atoms with Crippen LogP contribution in [0.2, 0.25) is 0 Å². The maximum Gasteiger partial charge on any atom is 0.301 e. The van der Waals surface area contributed by atoms with Crippen LogP contribution in [0.15, 0.2) is 125 Å². The molecular formula is C40H33N3O6S2. The van der Waals surface area contributed by atoms with Crippen LogP contribution in [0.4, 0.5) is 5.13 Å². The third kappa shape index (κ3) is 7.03. The largest absolute Gasteiger partial charge is 0.507 e. The average molecular weight is 716 g/mol. The molecule has 256 valence electrons. The average Bonchev–Trinajstić information content (AvgIpc) is 3.74. The molecule has 1 amide bonds. The van der Waals surface area contributed by atoms with Crippen LogP contribution < -0.4 is 19.1 Å². The third-order valence-electron chi connectivity index (χ3n) is 8.46. The molecule has 0 saturated carbocycles. The van der Waals surface area contributed by atoms with Crippen molar-refractivity contribution >= 4 is 56.5 Å². The van der Waals surface area contributed by atoms with Gasteiger partial charge in [-0.1, -0.05) is 102 Å². The van der Waals surface area contributed by atoms with Gasteiger partial charge < -0.3 is 19.3 Å². The molecule has 1 unspecified atom stereocenters. The number of methoxy groups -OCH3 is 1. The second-order valence-corrected chi connectivity index (χ2v) is 13.8. The molecule has 1 fully saturated rings. The molecule has 9 nitrogen and oxygen atoms in total. The molecule has 0 bridgehead atoms. The molecule has 1 aliphatic heterocycles. The Balaban J connectivity index is 1.26. The van der Waals surface area contributed by atoms with E-state index < -0.39 is 17.7 Å². The summed E-state index contributed by atoms with van der Waals surface area (Å²) in [5.41, 5.74) is 2.94. The SMILES string of the molecule is CCOc1cc(C2C(=C(O)c3ccc(OC)cc3)C(=O)C(=O)N2c2nnc(SCc3cccc4ccccc34)s2)ccc1OCc1ccccc1. The smallest absolute Gasteiger partial charge is 0.301 e. The molecule has 1 aromatic heterocycles. The molecule has 0 radical (unpaired) electrons. The molecule has 0 spiro atoms. The first-order valence-electron chi connectivity index (χ1n) is 16.3. The molecule has 2 heterocycles. The highest BCUT2D eigenvalue weighted by Gasteiger charge is 2.48. The summed E-state index contributed by atoms with van der Waals surface area (Å²) in [5, 5.41) is 23.0. The first-order chi connectivity index (χ1) is 24.9. The molecule has 7 rings (SSSR count). The lowest BCUT2D eigenvalue weighted by atomic mass is 9.95. The number of Topliss-reactive ketones (excluding diaryl/α,β-unsaturated/α-hetero) is 1. The van der Waals surface area contributed by atoms with Gasteiger partial charge in [-0.25, -0.2) is 0 Å². The van der Waals surface area contributed by atoms with Gasteiger partial charge in [-0.3, -0.25) is 14.5 Å². The molecular weight excluding hydrogens is 683 g/mol. The Morgan fingerprint density at radius 3 is 2.41 bits per heavy atom. The maximum absolute atomic E-state index is 13.9. The van der Waals surface area contributed by atoms with Crippen LogP contribution >= 0.6 is 23.1 Å². The van der Waals surface area contributed by atoms with Gasteiger partial charge in [0.1, 0.15) is 18.1 Å². The number of aromatic nitrogens is 2. The van der Waals surface area contributed by atoms with Crippen LogP contribution in [0.3, 0.4) is 0 Å². The number of carbonyl (C=O) groups excluding carboxylic acids is 2. The minimum absolute atomic E-state index is 0.0780. The van der Waals surface area contributed by atoms with Gasteiger partial charge >= 0.3 is 5.91 Å². The van der Waals surface area contributed by atoms with E-state index in [1.54, 1.807) is 49.6 Å². The number of ether oxygens (including phenoxy) is 3. The number of hydrogen-bond donors (Lipinski definition) is 1. The quantitative estimate of drug-likeness (QED) is 0.0438. The number of hydrogen-bond acceptors (Lipinski definition) is 10. The number of ketones is 1. The number of aliphatic hydroxyl groups excluding tert-OH is 1. The summed E-state index contributed by atoms with van der Waals surface area (Å²) in [6, 6.07) is 35.0. The third-order valence-corrected chi connectivity index (χ3v) is 10.6. The van der Waals surface area contributed by atoms with Gasteiger partial charge in [0.15, 0.2) is 15.8 Å². The lowest BCUT2D eigenvalue weighted by Crippen LogP contribution is -2.29. The molecule has 1 aliphatic rings. The van der Waals surface area contributed by atoms with E-state index >= 15 is 0 Å². The van der Waals surface area contributed by atoms with Gasteiger partial charge in [-0.2, -0.15) is 0 Å². The molecule has 11 heteroatoms. The van der Waals surface area contributed by atoms with E-state index in [2.05, 4.69) is 34.5 Å². The molecule has 1 atom stereocenters. The van der Waals surface area contributed by atoms with Gasteiger partial charge in [-0.05, 0) is 70.8 Å². The van der Waals surface area contributed by atoms with Gasteiger partial charge in [0.05, 0.1) is 25.3 Å². The Bertz CT molecular complexity index is 2230. The summed E-state index contributed by atoms with van der Waals surface area (Å²) in [6.07, 6.45) is 0. The fourth-order valence-electron chi connectivity index (χ4n) is 5.98. The first kappa shape index (κ1) is 33.8. The number of aliphatic hydroxyl groups is 1. The van der Waals surface area contributed by atoms with Crippen molar-refractivity contribution in [2.45, 2.75) is 29.7 Å². The van der Waals surface area contributed by atoms with Crippen molar-refractivity contribution < 1.29 is 28.9 Å². The van der Waals surface area contributed by atoms with Crippen LogP contribution in [0.1, 0.15) is 35.2 Å². The second-order valence-electron chi connectivity index (χ2n) is 11.6. The number of carbonyl (C=O) groups is 2. The van der Waals surface area contributed by atoms with Crippen molar-refractivity contribution in [3.63, 3.8) is 0 Å². The zero-order valence-corrected chi connectivity index (χ0v) is 29.4. The van der Waals surface area contributed by atoms with Gasteiger partial charge in [0, 0.05) is 11.3 Å². The predicted octanol–water partition coefficient (Wildman–Crippen LogP) is 8.60. The van der Waals surface area contributed by atoms with E-state index in [0.717, 1.165) is 21.9 Å². The van der Waals surface area contributed by atoms with Crippen molar-refractivity contribution in [3.8, 4) is 17.2 Å². The summed E-state index contributed by atoms with van der Waals surface area (Å²) < 4.78 is 18.0. The Labute approximate surface area is 303 Å². The number of amides is 1. The fourth-order valence-corrected chi connectivity index (χ4v) is 7.85. The Morgan fingerprint density at radius 2 is 1.63 bits per heavy atom. The van der Waals surface area contributed by atoms with Gasteiger partial charge in [-0.15, -0.1) is 10.2 Å². The lowest BCUT2D eigenvalue weighted by molar-refractivity contribution is -0.132. The molecule has 1 N–H and O–H groups in total. The van der Waals surface area contributed by atoms with Crippen molar-refractivity contribution in [2.75, 3.05) is 18.6 Å². The van der Waals surface area contributed by atoms with E-state index in [1.807, 2.05) is 55.5 Å². The number of anilines is 1. The van der Waals surface area contributed by atoms with Crippen LogP contribution in [0.25, 0.3) is 16.5 Å². The number of nitrogens with zero attached hydrogens (tertiary/aromatic N) is 3. The molecule has 5 aromatic carbocycles. The van der Waals surface area contributed by atoms with E-state index in [1.165, 1.54) is 28.0 Å². The topological polar surface area (TPSA) is 111 Å². The summed E-state index contributed by atoms with van der Waals surface area (Å²) in [6.45, 7) is 2.53. The first-order valence-corrected chi connectivity index (χ1v) is 18.1. The van der Waals surface area contributed by atoms with E-state index in [4.69, 9.17) is 14.2 Å². The monoisotopic (exact) mass is 715 g/mol.